The van der Waals surface area contributed by atoms with E-state index >= 15 is 0 Å². The molecule has 1 aliphatic carbocycles. The van der Waals surface area contributed by atoms with Gasteiger partial charge in [0.25, 0.3) is 5.56 Å². The average Bonchev–Trinajstić information content (AvgIpc) is 3.26. The molecule has 1 unspecified atom stereocenters. The van der Waals surface area contributed by atoms with Crippen LogP contribution in [0.15, 0.2) is 50.8 Å². The Bertz CT molecular complexity index is 1450. The molecule has 0 amide bonds. The predicted molar refractivity (Wildman–Crippen MR) is 116 cm³/mol. The smallest absolute Gasteiger partial charge is 0.328 e. The number of nitrogens with one attached hydrogen (secondary N) is 1. The van der Waals surface area contributed by atoms with Gasteiger partial charge in [-0.15, -0.1) is 0 Å². The third-order valence-corrected chi connectivity index (χ3v) is 5.61. The van der Waals surface area contributed by atoms with Crippen LogP contribution in [-0.2, 0) is 13.6 Å². The molecular weight excluding hydrogens is 394 g/mol. The summed E-state index contributed by atoms with van der Waals surface area (Å²) in [6, 6.07) is 6.10. The summed E-state index contributed by atoms with van der Waals surface area (Å²) in [7, 11) is 1.86. The van der Waals surface area contributed by atoms with Gasteiger partial charge in [0.1, 0.15) is 5.82 Å². The topological polar surface area (TPSA) is 98.7 Å². The Labute approximate surface area is 177 Å². The number of aromatic nitrogens is 5. The van der Waals surface area contributed by atoms with E-state index in [2.05, 4.69) is 21.0 Å². The van der Waals surface area contributed by atoms with E-state index in [0.29, 0.717) is 28.7 Å². The van der Waals surface area contributed by atoms with E-state index in [4.69, 9.17) is 4.42 Å². The lowest BCUT2D eigenvalue weighted by atomic mass is 9.86. The van der Waals surface area contributed by atoms with Crippen LogP contribution in [-0.4, -0.2) is 24.1 Å². The quantitative estimate of drug-likeness (QED) is 0.488. The van der Waals surface area contributed by atoms with Gasteiger partial charge in [-0.3, -0.25) is 14.3 Å². The fourth-order valence-corrected chi connectivity index (χ4v) is 4.06. The van der Waals surface area contributed by atoms with E-state index in [1.54, 1.807) is 19.3 Å². The molecule has 31 heavy (non-hydrogen) atoms. The van der Waals surface area contributed by atoms with Crippen molar-refractivity contribution in [1.82, 2.24) is 24.1 Å². The highest BCUT2D eigenvalue weighted by atomic mass is 16.4. The maximum atomic E-state index is 13.0. The number of benzene rings is 1. The molecule has 4 aromatic rings. The van der Waals surface area contributed by atoms with Gasteiger partial charge in [-0.05, 0) is 24.1 Å². The van der Waals surface area contributed by atoms with Crippen molar-refractivity contribution in [3.05, 3.63) is 103 Å². The fraction of sp³-hybridized carbons (Fsp3) is 0.217. The van der Waals surface area contributed by atoms with Crippen molar-refractivity contribution in [1.29, 1.82) is 0 Å². The molecule has 1 atom stereocenters. The van der Waals surface area contributed by atoms with E-state index in [1.165, 1.54) is 4.57 Å². The minimum atomic E-state index is -0.482. The first kappa shape index (κ1) is 19.0. The summed E-state index contributed by atoms with van der Waals surface area (Å²) in [5.74, 6) is 1.36. The molecule has 0 radical (unpaired) electrons. The van der Waals surface area contributed by atoms with Crippen LogP contribution in [0.1, 0.15) is 51.3 Å². The maximum absolute atomic E-state index is 13.0. The van der Waals surface area contributed by atoms with Gasteiger partial charge in [0.2, 0.25) is 0 Å². The molecule has 0 saturated heterocycles. The molecule has 0 saturated carbocycles. The summed E-state index contributed by atoms with van der Waals surface area (Å²) in [6.07, 6.45) is 8.95. The second-order valence-electron chi connectivity index (χ2n) is 7.81. The lowest BCUT2D eigenvalue weighted by Crippen LogP contribution is -2.34. The standard InChI is InChI=1S/C23H21N5O3/c1-13-4-5-15-6-7-18-21(25-14(2)31-18)20(16(15)10-13)17-11-28(23(30)26-22(17)29)12-19-24-8-9-27(19)3/h4-11,20H,12H2,1-3H3,(H,26,29,30). The number of oxazole rings is 1. The van der Waals surface area contributed by atoms with Crippen molar-refractivity contribution in [2.45, 2.75) is 26.3 Å². The summed E-state index contributed by atoms with van der Waals surface area (Å²) in [5, 5.41) is 0. The van der Waals surface area contributed by atoms with Gasteiger partial charge in [-0.2, -0.15) is 0 Å². The summed E-state index contributed by atoms with van der Waals surface area (Å²) in [5.41, 5.74) is 3.15. The molecule has 5 rings (SSSR count). The molecular formula is C23H21N5O3. The van der Waals surface area contributed by atoms with Crippen molar-refractivity contribution >= 4 is 12.2 Å². The average molecular weight is 415 g/mol. The second-order valence-corrected chi connectivity index (χ2v) is 7.81. The van der Waals surface area contributed by atoms with Crippen LogP contribution in [0.4, 0.5) is 0 Å². The zero-order valence-corrected chi connectivity index (χ0v) is 17.4. The molecule has 0 spiro atoms. The summed E-state index contributed by atoms with van der Waals surface area (Å²) in [6.45, 7) is 4.03. The first-order valence-corrected chi connectivity index (χ1v) is 9.96. The van der Waals surface area contributed by atoms with Gasteiger partial charge in [-0.1, -0.05) is 29.8 Å². The number of imidazole rings is 1. The Hall–Kier alpha value is -3.94. The molecule has 0 aliphatic heterocycles. The number of H-pyrrole nitrogens is 1. The highest BCUT2D eigenvalue weighted by molar-refractivity contribution is 5.75. The van der Waals surface area contributed by atoms with Crippen molar-refractivity contribution in [3.63, 3.8) is 0 Å². The molecule has 8 heteroatoms. The monoisotopic (exact) mass is 415 g/mol. The molecule has 1 aliphatic rings. The highest BCUT2D eigenvalue weighted by Crippen LogP contribution is 2.38. The largest absolute Gasteiger partial charge is 0.441 e. The molecule has 3 aromatic heterocycles. The number of hydrogen-bond donors (Lipinski definition) is 1. The van der Waals surface area contributed by atoms with Crippen LogP contribution in [0.3, 0.4) is 0 Å². The lowest BCUT2D eigenvalue weighted by Gasteiger charge is -2.18. The van der Waals surface area contributed by atoms with E-state index in [1.807, 2.05) is 49.0 Å². The van der Waals surface area contributed by atoms with E-state index in [0.717, 1.165) is 16.7 Å². The SMILES string of the molecule is Cc1ccc2c(c1)C(c1cn(Cc3nccn3C)c(=O)[nH]c1=O)c1nc(C)oc1C=C2. The van der Waals surface area contributed by atoms with E-state index in [9.17, 15) is 9.59 Å². The summed E-state index contributed by atoms with van der Waals surface area (Å²) >= 11 is 0. The van der Waals surface area contributed by atoms with Gasteiger partial charge in [-0.25, -0.2) is 14.8 Å². The third-order valence-electron chi connectivity index (χ3n) is 5.61. The predicted octanol–water partition coefficient (Wildman–Crippen LogP) is 2.59. The molecule has 1 aromatic carbocycles. The molecule has 0 bridgehead atoms. The molecule has 156 valence electrons. The Morgan fingerprint density at radius 3 is 2.77 bits per heavy atom. The van der Waals surface area contributed by atoms with Crippen LogP contribution < -0.4 is 11.2 Å². The Balaban J connectivity index is 1.74. The Morgan fingerprint density at radius 2 is 2.00 bits per heavy atom. The van der Waals surface area contributed by atoms with Crippen LogP contribution in [0.5, 0.6) is 0 Å². The van der Waals surface area contributed by atoms with Crippen LogP contribution in [0.25, 0.3) is 12.2 Å². The third kappa shape index (κ3) is 3.26. The number of aryl methyl sites for hydroxylation is 3. The van der Waals surface area contributed by atoms with E-state index in [-0.39, 0.29) is 6.54 Å². The molecule has 0 fully saturated rings. The van der Waals surface area contributed by atoms with Gasteiger partial charge >= 0.3 is 5.69 Å². The van der Waals surface area contributed by atoms with Crippen LogP contribution in [0, 0.1) is 13.8 Å². The maximum Gasteiger partial charge on any atom is 0.328 e. The highest BCUT2D eigenvalue weighted by Gasteiger charge is 2.30. The second kappa shape index (κ2) is 7.09. The van der Waals surface area contributed by atoms with Crippen LogP contribution >= 0.6 is 0 Å². The molecule has 1 N–H and O–H groups in total. The van der Waals surface area contributed by atoms with Crippen molar-refractivity contribution in [3.8, 4) is 0 Å². The number of rotatable bonds is 3. The lowest BCUT2D eigenvalue weighted by molar-refractivity contribution is 0.512. The zero-order chi connectivity index (χ0) is 21.7. The molecule has 3 heterocycles. The van der Waals surface area contributed by atoms with Crippen molar-refractivity contribution in [2.24, 2.45) is 7.05 Å². The number of aromatic amines is 1. The van der Waals surface area contributed by atoms with Crippen molar-refractivity contribution < 1.29 is 4.42 Å². The normalized spacial score (nSPS) is 14.9. The van der Waals surface area contributed by atoms with Gasteiger partial charge < -0.3 is 8.98 Å². The van der Waals surface area contributed by atoms with Crippen molar-refractivity contribution in [2.75, 3.05) is 0 Å². The Kier molecular flexibility index (Phi) is 4.35. The van der Waals surface area contributed by atoms with Gasteiger partial charge in [0, 0.05) is 38.1 Å². The van der Waals surface area contributed by atoms with Gasteiger partial charge in [0.15, 0.2) is 11.7 Å². The first-order valence-electron chi connectivity index (χ1n) is 9.96. The number of hydrogen-bond acceptors (Lipinski definition) is 5. The Morgan fingerprint density at radius 1 is 1.16 bits per heavy atom. The first-order chi connectivity index (χ1) is 14.9. The minimum Gasteiger partial charge on any atom is -0.441 e. The number of fused-ring (bicyclic) bond motifs is 2. The van der Waals surface area contributed by atoms with E-state index < -0.39 is 17.2 Å². The zero-order valence-electron chi connectivity index (χ0n) is 17.4. The summed E-state index contributed by atoms with van der Waals surface area (Å²) in [4.78, 5) is 36.9. The number of nitrogens with zero attached hydrogens (tertiary/aromatic N) is 4. The minimum absolute atomic E-state index is 0.239. The fourth-order valence-electron chi connectivity index (χ4n) is 4.06. The molecule has 8 nitrogen and oxygen atoms in total. The summed E-state index contributed by atoms with van der Waals surface area (Å²) < 4.78 is 9.11. The van der Waals surface area contributed by atoms with Crippen LogP contribution in [0.2, 0.25) is 0 Å². The van der Waals surface area contributed by atoms with Gasteiger partial charge in [0.05, 0.1) is 18.2 Å².